The van der Waals surface area contributed by atoms with Gasteiger partial charge < -0.3 is 5.32 Å². The molecule has 18 heavy (non-hydrogen) atoms. The third-order valence-electron chi connectivity index (χ3n) is 2.86. The highest BCUT2D eigenvalue weighted by molar-refractivity contribution is 7.91. The van der Waals surface area contributed by atoms with Gasteiger partial charge in [-0.1, -0.05) is 19.1 Å². The van der Waals surface area contributed by atoms with Crippen LogP contribution in [-0.4, -0.2) is 27.0 Å². The van der Waals surface area contributed by atoms with Crippen molar-refractivity contribution in [3.05, 3.63) is 29.8 Å². The van der Waals surface area contributed by atoms with E-state index in [9.17, 15) is 13.2 Å². The van der Waals surface area contributed by atoms with Crippen molar-refractivity contribution in [1.82, 2.24) is 5.32 Å². The molecule has 0 aliphatic carbocycles. The van der Waals surface area contributed by atoms with Gasteiger partial charge in [-0.05, 0) is 31.7 Å². The summed E-state index contributed by atoms with van der Waals surface area (Å²) in [4.78, 5) is 11.4. The van der Waals surface area contributed by atoms with E-state index in [-0.39, 0.29) is 17.6 Å². The van der Waals surface area contributed by atoms with Crippen LogP contribution < -0.4 is 5.32 Å². The number of ketones is 1. The van der Waals surface area contributed by atoms with Gasteiger partial charge in [0.15, 0.2) is 9.84 Å². The summed E-state index contributed by atoms with van der Waals surface area (Å²) < 4.78 is 23.3. The lowest BCUT2D eigenvalue weighted by atomic mass is 10.0. The fraction of sp³-hybridized carbons (Fsp3) is 0.462. The van der Waals surface area contributed by atoms with Gasteiger partial charge in [0.25, 0.3) is 0 Å². The summed E-state index contributed by atoms with van der Waals surface area (Å²) in [5, 5.41) is 3.05. The van der Waals surface area contributed by atoms with Gasteiger partial charge in [0.2, 0.25) is 0 Å². The number of nitrogens with one attached hydrogen (secondary N) is 1. The number of hydrogen-bond donors (Lipinski definition) is 1. The van der Waals surface area contributed by atoms with E-state index in [1.54, 1.807) is 45.2 Å². The normalized spacial score (nSPS) is 13.3. The van der Waals surface area contributed by atoms with Gasteiger partial charge in [0.05, 0.1) is 10.6 Å². The summed E-state index contributed by atoms with van der Waals surface area (Å²) in [5.74, 6) is 0.189. The number of carbonyl (C=O) groups is 1. The predicted molar refractivity (Wildman–Crippen MR) is 71.3 cm³/mol. The molecule has 0 heterocycles. The monoisotopic (exact) mass is 269 g/mol. The topological polar surface area (TPSA) is 63.2 Å². The molecule has 0 amide bonds. The van der Waals surface area contributed by atoms with Crippen LogP contribution in [0, 0.1) is 0 Å². The highest BCUT2D eigenvalue weighted by atomic mass is 32.2. The summed E-state index contributed by atoms with van der Waals surface area (Å²) in [6.07, 6.45) is 0.399. The largest absolute Gasteiger partial charge is 0.313 e. The van der Waals surface area contributed by atoms with Gasteiger partial charge in [0.1, 0.15) is 5.78 Å². The highest BCUT2D eigenvalue weighted by Crippen LogP contribution is 2.19. The minimum absolute atomic E-state index is 0.0686. The Hall–Kier alpha value is -1.20. The molecule has 4 nitrogen and oxygen atoms in total. The van der Waals surface area contributed by atoms with E-state index in [0.717, 1.165) is 5.56 Å². The van der Waals surface area contributed by atoms with E-state index in [1.807, 2.05) is 0 Å². The molecule has 0 saturated heterocycles. The lowest BCUT2D eigenvalue weighted by molar-refractivity contribution is -0.117. The van der Waals surface area contributed by atoms with Crippen molar-refractivity contribution in [2.24, 2.45) is 0 Å². The molecule has 5 heteroatoms. The fourth-order valence-electron chi connectivity index (χ4n) is 1.75. The Labute approximate surface area is 108 Å². The second kappa shape index (κ2) is 6.11. The Balaban J connectivity index is 2.98. The minimum Gasteiger partial charge on any atom is -0.313 e. The zero-order chi connectivity index (χ0) is 13.8. The molecule has 0 aliphatic rings. The molecule has 1 N–H and O–H groups in total. The summed E-state index contributed by atoms with van der Waals surface area (Å²) in [7, 11) is -1.38. The Bertz CT molecular complexity index is 506. The SMILES string of the molecule is CCS(=O)(=O)c1ccc(C(CC(C)=O)NC)cc1. The molecule has 0 fully saturated rings. The Morgan fingerprint density at radius 1 is 1.28 bits per heavy atom. The number of Topliss-reactive ketones (excluding diaryl/α,β-unsaturated/α-hetero) is 1. The maximum Gasteiger partial charge on any atom is 0.178 e. The second-order valence-electron chi connectivity index (χ2n) is 4.22. The van der Waals surface area contributed by atoms with Crippen LogP contribution in [0.5, 0.6) is 0 Å². The van der Waals surface area contributed by atoms with Crippen molar-refractivity contribution in [1.29, 1.82) is 0 Å². The summed E-state index contributed by atoms with van der Waals surface area (Å²) in [5.41, 5.74) is 0.919. The number of rotatable bonds is 6. The molecule has 100 valence electrons. The number of carbonyl (C=O) groups excluding carboxylic acids is 1. The average Bonchev–Trinajstić information content (AvgIpc) is 2.36. The summed E-state index contributed by atoms with van der Waals surface area (Å²) in [6, 6.07) is 6.64. The van der Waals surface area contributed by atoms with Crippen LogP contribution in [0.1, 0.15) is 31.9 Å². The molecular formula is C13H19NO3S. The third-order valence-corrected chi connectivity index (χ3v) is 4.61. The maximum atomic E-state index is 11.7. The standard InChI is InChI=1S/C13H19NO3S/c1-4-18(16,17)12-7-5-11(6-8-12)13(14-3)9-10(2)15/h5-8,13-14H,4,9H2,1-3H3. The molecular weight excluding hydrogens is 250 g/mol. The van der Waals surface area contributed by atoms with Crippen LogP contribution in [0.2, 0.25) is 0 Å². The Kier molecular flexibility index (Phi) is 5.04. The molecule has 0 radical (unpaired) electrons. The zero-order valence-electron chi connectivity index (χ0n) is 10.9. The van der Waals surface area contributed by atoms with Gasteiger partial charge in [-0.25, -0.2) is 8.42 Å². The van der Waals surface area contributed by atoms with Crippen molar-refractivity contribution in [2.45, 2.75) is 31.2 Å². The quantitative estimate of drug-likeness (QED) is 0.854. The zero-order valence-corrected chi connectivity index (χ0v) is 11.8. The number of benzene rings is 1. The Morgan fingerprint density at radius 3 is 2.22 bits per heavy atom. The van der Waals surface area contributed by atoms with Gasteiger partial charge in [0, 0.05) is 12.5 Å². The van der Waals surface area contributed by atoms with Crippen LogP contribution in [0.3, 0.4) is 0 Å². The van der Waals surface area contributed by atoms with E-state index < -0.39 is 9.84 Å². The number of sulfone groups is 1. The van der Waals surface area contributed by atoms with E-state index in [2.05, 4.69) is 5.32 Å². The summed E-state index contributed by atoms with van der Waals surface area (Å²) >= 11 is 0. The molecule has 1 aromatic carbocycles. The van der Waals surface area contributed by atoms with Crippen LogP contribution in [0.4, 0.5) is 0 Å². The van der Waals surface area contributed by atoms with Crippen molar-refractivity contribution in [3.8, 4) is 0 Å². The molecule has 1 atom stereocenters. The Morgan fingerprint density at radius 2 is 1.83 bits per heavy atom. The molecule has 1 unspecified atom stereocenters. The van der Waals surface area contributed by atoms with Gasteiger partial charge in [-0.2, -0.15) is 0 Å². The number of hydrogen-bond acceptors (Lipinski definition) is 4. The molecule has 0 aliphatic heterocycles. The van der Waals surface area contributed by atoms with E-state index in [4.69, 9.17) is 0 Å². The van der Waals surface area contributed by atoms with Crippen molar-refractivity contribution < 1.29 is 13.2 Å². The first-order valence-corrected chi connectivity index (χ1v) is 7.55. The molecule has 1 rings (SSSR count). The van der Waals surface area contributed by atoms with E-state index in [0.29, 0.717) is 11.3 Å². The smallest absolute Gasteiger partial charge is 0.178 e. The molecule has 0 saturated carbocycles. The second-order valence-corrected chi connectivity index (χ2v) is 6.50. The minimum atomic E-state index is -3.16. The first kappa shape index (κ1) is 14.9. The van der Waals surface area contributed by atoms with Gasteiger partial charge in [-0.3, -0.25) is 4.79 Å². The first-order valence-electron chi connectivity index (χ1n) is 5.90. The lowest BCUT2D eigenvalue weighted by Gasteiger charge is -2.15. The molecule has 1 aromatic rings. The third kappa shape index (κ3) is 3.65. The van der Waals surface area contributed by atoms with Crippen LogP contribution >= 0.6 is 0 Å². The maximum absolute atomic E-state index is 11.7. The van der Waals surface area contributed by atoms with Gasteiger partial charge >= 0.3 is 0 Å². The average molecular weight is 269 g/mol. The predicted octanol–water partition coefficient (Wildman–Crippen LogP) is 1.72. The molecule has 0 spiro atoms. The molecule has 0 bridgehead atoms. The fourth-order valence-corrected chi connectivity index (χ4v) is 2.63. The lowest BCUT2D eigenvalue weighted by Crippen LogP contribution is -2.19. The highest BCUT2D eigenvalue weighted by Gasteiger charge is 2.14. The van der Waals surface area contributed by atoms with Crippen molar-refractivity contribution in [3.63, 3.8) is 0 Å². The van der Waals surface area contributed by atoms with Crippen LogP contribution in [-0.2, 0) is 14.6 Å². The van der Waals surface area contributed by atoms with Gasteiger partial charge in [-0.15, -0.1) is 0 Å². The van der Waals surface area contributed by atoms with Crippen molar-refractivity contribution >= 4 is 15.6 Å². The van der Waals surface area contributed by atoms with Crippen molar-refractivity contribution in [2.75, 3.05) is 12.8 Å². The van der Waals surface area contributed by atoms with E-state index in [1.165, 1.54) is 0 Å². The van der Waals surface area contributed by atoms with Crippen LogP contribution in [0.15, 0.2) is 29.2 Å². The van der Waals surface area contributed by atoms with Crippen LogP contribution in [0.25, 0.3) is 0 Å². The molecule has 0 aromatic heterocycles. The summed E-state index contributed by atoms with van der Waals surface area (Å²) in [6.45, 7) is 3.16. The first-order chi connectivity index (χ1) is 8.40. The van der Waals surface area contributed by atoms with E-state index >= 15 is 0 Å².